The Morgan fingerprint density at radius 1 is 1.21 bits per heavy atom. The van der Waals surface area contributed by atoms with Crippen LogP contribution in [0.3, 0.4) is 0 Å². The second kappa shape index (κ2) is 5.55. The van der Waals surface area contributed by atoms with E-state index in [0.717, 1.165) is 0 Å². The fourth-order valence-electron chi connectivity index (χ4n) is 1.56. The Bertz CT molecular complexity index is 476. The van der Waals surface area contributed by atoms with Crippen molar-refractivity contribution in [3.05, 3.63) is 35.1 Å². The van der Waals surface area contributed by atoms with E-state index in [-0.39, 0.29) is 20.6 Å². The van der Waals surface area contributed by atoms with Crippen LogP contribution in [-0.2, 0) is 10.0 Å². The summed E-state index contributed by atoms with van der Waals surface area (Å²) in [6.45, 7) is 11.4. The summed E-state index contributed by atoms with van der Waals surface area (Å²) in [5.41, 5.74) is 0.162. The third-order valence-corrected chi connectivity index (χ3v) is 3.86. The Balaban J connectivity index is 2.98. The monoisotopic (exact) mass is 280 g/mol. The molecule has 0 aromatic heterocycles. The predicted octanol–water partition coefficient (Wildman–Crippen LogP) is 4.12. The number of rotatable bonds is 4. The number of carbonyl (C=O) groups excluding carboxylic acids is 1. The van der Waals surface area contributed by atoms with Gasteiger partial charge in [0.15, 0.2) is 5.78 Å². The first-order valence-corrected chi connectivity index (χ1v) is 7.20. The number of benzene rings is 1. The molecule has 0 spiro atoms. The fourth-order valence-corrected chi connectivity index (χ4v) is 2.23. The van der Waals surface area contributed by atoms with Crippen LogP contribution in [0.2, 0.25) is 5.04 Å². The van der Waals surface area contributed by atoms with Gasteiger partial charge < -0.3 is 4.43 Å². The summed E-state index contributed by atoms with van der Waals surface area (Å²) in [6.07, 6.45) is 0. The Labute approximate surface area is 117 Å². The predicted molar refractivity (Wildman–Crippen MR) is 76.0 cm³/mol. The summed E-state index contributed by atoms with van der Waals surface area (Å²) in [5.74, 6) is -0.530. The van der Waals surface area contributed by atoms with Gasteiger partial charge in [0.2, 0.25) is 9.76 Å². The molecule has 0 fully saturated rings. The molecular formula is C15H21FO2Si. The van der Waals surface area contributed by atoms with Crippen molar-refractivity contribution in [3.63, 3.8) is 0 Å². The SMILES string of the molecule is CC(=O)c1ccc(C(C)(C)O[Si]C(C)(C)C)c(F)c1. The number of halogens is 1. The summed E-state index contributed by atoms with van der Waals surface area (Å²) in [6, 6.07) is 4.56. The Morgan fingerprint density at radius 3 is 2.21 bits per heavy atom. The number of hydrogen-bond acceptors (Lipinski definition) is 2. The highest BCUT2D eigenvalue weighted by Gasteiger charge is 2.28. The van der Waals surface area contributed by atoms with Crippen molar-refractivity contribution in [1.82, 2.24) is 0 Å². The molecule has 0 saturated carbocycles. The number of Topliss-reactive ketones (excluding diaryl/α,β-unsaturated/α-hetero) is 1. The van der Waals surface area contributed by atoms with E-state index in [1.165, 1.54) is 13.0 Å². The highest BCUT2D eigenvalue weighted by molar-refractivity contribution is 6.31. The summed E-state index contributed by atoms with van der Waals surface area (Å²) < 4.78 is 20.0. The molecule has 0 amide bonds. The maximum absolute atomic E-state index is 14.1. The topological polar surface area (TPSA) is 26.3 Å². The maximum Gasteiger partial charge on any atom is 0.236 e. The molecule has 19 heavy (non-hydrogen) atoms. The van der Waals surface area contributed by atoms with E-state index >= 15 is 0 Å². The Kier molecular flexibility index (Phi) is 4.69. The molecule has 1 aromatic carbocycles. The Hall–Kier alpha value is -1.00. The molecule has 2 radical (unpaired) electrons. The smallest absolute Gasteiger partial charge is 0.236 e. The third-order valence-electron chi connectivity index (χ3n) is 2.64. The summed E-state index contributed by atoms with van der Waals surface area (Å²) >= 11 is 0. The third kappa shape index (κ3) is 4.55. The highest BCUT2D eigenvalue weighted by atomic mass is 28.2. The van der Waals surface area contributed by atoms with E-state index in [2.05, 4.69) is 20.8 Å². The van der Waals surface area contributed by atoms with E-state index in [1.54, 1.807) is 12.1 Å². The molecule has 1 aromatic rings. The van der Waals surface area contributed by atoms with Gasteiger partial charge >= 0.3 is 0 Å². The van der Waals surface area contributed by atoms with Crippen molar-refractivity contribution in [1.29, 1.82) is 0 Å². The molecule has 0 aliphatic rings. The van der Waals surface area contributed by atoms with Gasteiger partial charge in [0.1, 0.15) is 5.82 Å². The van der Waals surface area contributed by atoms with Gasteiger partial charge in [-0.05, 0) is 31.9 Å². The lowest BCUT2D eigenvalue weighted by atomic mass is 9.96. The zero-order chi connectivity index (χ0) is 14.8. The van der Waals surface area contributed by atoms with Crippen molar-refractivity contribution >= 4 is 15.5 Å². The molecular weight excluding hydrogens is 259 g/mol. The van der Waals surface area contributed by atoms with Crippen LogP contribution in [0, 0.1) is 5.82 Å². The first-order chi connectivity index (χ1) is 8.53. The summed E-state index contributed by atoms with van der Waals surface area (Å²) in [5, 5.41) is 0.0487. The zero-order valence-electron chi connectivity index (χ0n) is 12.4. The number of carbonyl (C=O) groups is 1. The molecule has 0 N–H and O–H groups in total. The van der Waals surface area contributed by atoms with Crippen LogP contribution >= 0.6 is 0 Å². The van der Waals surface area contributed by atoms with Crippen LogP contribution in [0.1, 0.15) is 57.5 Å². The molecule has 2 nitrogen and oxygen atoms in total. The maximum atomic E-state index is 14.1. The standard InChI is InChI=1S/C15H21FO2Si/c1-10(17)11-7-8-12(13(16)9-11)15(5,6)18-19-14(2,3)4/h7-9H,1-6H3. The van der Waals surface area contributed by atoms with Crippen LogP contribution in [0.15, 0.2) is 18.2 Å². The van der Waals surface area contributed by atoms with Crippen molar-refractivity contribution in [2.24, 2.45) is 0 Å². The largest absolute Gasteiger partial charge is 0.408 e. The molecule has 0 heterocycles. The van der Waals surface area contributed by atoms with Gasteiger partial charge in [0.25, 0.3) is 0 Å². The minimum Gasteiger partial charge on any atom is -0.408 e. The number of ketones is 1. The Morgan fingerprint density at radius 2 is 1.79 bits per heavy atom. The molecule has 4 heteroatoms. The lowest BCUT2D eigenvalue weighted by Gasteiger charge is -2.30. The van der Waals surface area contributed by atoms with Gasteiger partial charge in [-0.3, -0.25) is 4.79 Å². The minimum absolute atomic E-state index is 0.0487. The van der Waals surface area contributed by atoms with E-state index in [4.69, 9.17) is 4.43 Å². The van der Waals surface area contributed by atoms with Gasteiger partial charge in [-0.25, -0.2) is 4.39 Å². The van der Waals surface area contributed by atoms with E-state index in [1.807, 2.05) is 13.8 Å². The molecule has 0 unspecified atom stereocenters. The molecule has 104 valence electrons. The van der Waals surface area contributed by atoms with Crippen LogP contribution < -0.4 is 0 Å². The second-order valence-electron chi connectivity index (χ2n) is 6.22. The van der Waals surface area contributed by atoms with E-state index in [0.29, 0.717) is 11.1 Å². The molecule has 1 rings (SSSR count). The summed E-state index contributed by atoms with van der Waals surface area (Å²) in [7, 11) is 0.274. The summed E-state index contributed by atoms with van der Waals surface area (Å²) in [4.78, 5) is 11.2. The number of hydrogen-bond donors (Lipinski definition) is 0. The van der Waals surface area contributed by atoms with E-state index in [9.17, 15) is 9.18 Å². The first-order valence-electron chi connectivity index (χ1n) is 6.29. The molecule has 0 saturated heterocycles. The normalized spacial score (nSPS) is 12.6. The van der Waals surface area contributed by atoms with Crippen molar-refractivity contribution < 1.29 is 13.6 Å². The van der Waals surface area contributed by atoms with Crippen molar-refractivity contribution in [2.75, 3.05) is 0 Å². The van der Waals surface area contributed by atoms with Crippen LogP contribution in [0.4, 0.5) is 4.39 Å². The van der Waals surface area contributed by atoms with Gasteiger partial charge in [0, 0.05) is 11.1 Å². The zero-order valence-corrected chi connectivity index (χ0v) is 13.4. The lowest BCUT2D eigenvalue weighted by molar-refractivity contribution is 0.100. The van der Waals surface area contributed by atoms with Gasteiger partial charge in [-0.15, -0.1) is 0 Å². The molecule has 0 aliphatic carbocycles. The quantitative estimate of drug-likeness (QED) is 0.612. The fraction of sp³-hybridized carbons (Fsp3) is 0.533. The van der Waals surface area contributed by atoms with Gasteiger partial charge in [-0.1, -0.05) is 32.9 Å². The van der Waals surface area contributed by atoms with Gasteiger partial charge in [-0.2, -0.15) is 0 Å². The molecule has 0 atom stereocenters. The average molecular weight is 280 g/mol. The van der Waals surface area contributed by atoms with Crippen molar-refractivity contribution in [2.45, 2.75) is 52.2 Å². The lowest BCUT2D eigenvalue weighted by Crippen LogP contribution is -2.28. The van der Waals surface area contributed by atoms with Crippen LogP contribution in [0.25, 0.3) is 0 Å². The second-order valence-corrected chi connectivity index (χ2v) is 8.12. The van der Waals surface area contributed by atoms with Gasteiger partial charge in [0.05, 0.1) is 5.60 Å². The molecule has 0 aliphatic heterocycles. The highest BCUT2D eigenvalue weighted by Crippen LogP contribution is 2.31. The van der Waals surface area contributed by atoms with Crippen molar-refractivity contribution in [3.8, 4) is 0 Å². The molecule has 0 bridgehead atoms. The minimum atomic E-state index is -0.703. The van der Waals surface area contributed by atoms with Crippen LogP contribution in [0.5, 0.6) is 0 Å². The van der Waals surface area contributed by atoms with Crippen LogP contribution in [-0.4, -0.2) is 15.5 Å². The average Bonchev–Trinajstić information content (AvgIpc) is 2.25. The van der Waals surface area contributed by atoms with E-state index < -0.39 is 11.4 Å². The first kappa shape index (κ1) is 16.1.